The summed E-state index contributed by atoms with van der Waals surface area (Å²) in [6, 6.07) is 8.82. The summed E-state index contributed by atoms with van der Waals surface area (Å²) in [5.74, 6) is 0.359. The van der Waals surface area contributed by atoms with Gasteiger partial charge < -0.3 is 14.7 Å². The van der Waals surface area contributed by atoms with Gasteiger partial charge >= 0.3 is 0 Å². The summed E-state index contributed by atoms with van der Waals surface area (Å²) < 4.78 is 2.68. The summed E-state index contributed by atoms with van der Waals surface area (Å²) in [6.07, 6.45) is 0. The minimum absolute atomic E-state index is 0.149. The van der Waals surface area contributed by atoms with Crippen molar-refractivity contribution in [3.8, 4) is 5.95 Å². The van der Waals surface area contributed by atoms with Gasteiger partial charge in [0.25, 0.3) is 11.1 Å². The lowest BCUT2D eigenvalue weighted by atomic mass is 10.2. The Morgan fingerprint density at radius 3 is 2.75 bits per heavy atom. The number of nitrogens with zero attached hydrogens (tertiary/aromatic N) is 3. The molecular weight excluding hydrogens is 310 g/mol. The topological polar surface area (TPSA) is 109 Å². The Balaban J connectivity index is 2.00. The van der Waals surface area contributed by atoms with Crippen molar-refractivity contribution in [2.24, 2.45) is 0 Å². The molecule has 3 heterocycles. The number of aliphatic hydroxyl groups excluding tert-OH is 1. The number of aromatic amines is 2. The van der Waals surface area contributed by atoms with Gasteiger partial charge in [-0.05, 0) is 19.1 Å². The first-order valence-corrected chi connectivity index (χ1v) is 7.51. The second kappa shape index (κ2) is 5.20. The zero-order valence-electron chi connectivity index (χ0n) is 12.9. The van der Waals surface area contributed by atoms with Gasteiger partial charge in [0.2, 0.25) is 5.95 Å². The van der Waals surface area contributed by atoms with E-state index in [-0.39, 0.29) is 24.3 Å². The molecule has 0 radical (unpaired) electrons. The first kappa shape index (κ1) is 14.5. The molecular formula is C16H15N5O3. The normalized spacial score (nSPS) is 11.6. The first-order valence-electron chi connectivity index (χ1n) is 7.51. The number of nitrogens with one attached hydrogen (secondary N) is 2. The number of benzene rings is 1. The number of fused-ring (bicyclic) bond motifs is 2. The highest BCUT2D eigenvalue weighted by Gasteiger charge is 2.16. The summed E-state index contributed by atoms with van der Waals surface area (Å²) >= 11 is 0. The Hall–Kier alpha value is -3.13. The van der Waals surface area contributed by atoms with Crippen molar-refractivity contribution < 1.29 is 5.11 Å². The fourth-order valence-corrected chi connectivity index (χ4v) is 2.98. The van der Waals surface area contributed by atoms with Crippen LogP contribution in [0.15, 0.2) is 39.9 Å². The molecule has 4 aromatic rings. The van der Waals surface area contributed by atoms with Crippen LogP contribution < -0.4 is 11.1 Å². The average molecular weight is 325 g/mol. The van der Waals surface area contributed by atoms with Gasteiger partial charge in [-0.3, -0.25) is 14.7 Å². The Kier molecular flexibility index (Phi) is 3.14. The van der Waals surface area contributed by atoms with E-state index in [2.05, 4.69) is 15.1 Å². The Morgan fingerprint density at radius 1 is 1.21 bits per heavy atom. The number of aryl methyl sites for hydroxylation is 1. The smallest absolute Gasteiger partial charge is 0.283 e. The minimum atomic E-state index is -0.298. The van der Waals surface area contributed by atoms with E-state index in [1.165, 1.54) is 15.3 Å². The van der Waals surface area contributed by atoms with Crippen molar-refractivity contribution in [2.45, 2.75) is 13.5 Å². The van der Waals surface area contributed by atoms with Crippen LogP contribution in [0.5, 0.6) is 0 Å². The molecule has 8 nitrogen and oxygen atoms in total. The van der Waals surface area contributed by atoms with Crippen LogP contribution in [0, 0.1) is 6.92 Å². The highest BCUT2D eigenvalue weighted by atomic mass is 16.3. The lowest BCUT2D eigenvalue weighted by Crippen LogP contribution is -2.24. The van der Waals surface area contributed by atoms with E-state index >= 15 is 0 Å². The molecule has 0 unspecified atom stereocenters. The van der Waals surface area contributed by atoms with E-state index in [4.69, 9.17) is 5.11 Å². The molecule has 24 heavy (non-hydrogen) atoms. The van der Waals surface area contributed by atoms with Gasteiger partial charge in [0.15, 0.2) is 0 Å². The number of rotatable bonds is 3. The van der Waals surface area contributed by atoms with Gasteiger partial charge in [-0.15, -0.1) is 0 Å². The minimum Gasteiger partial charge on any atom is -0.395 e. The van der Waals surface area contributed by atoms with Crippen LogP contribution in [0.4, 0.5) is 0 Å². The lowest BCUT2D eigenvalue weighted by molar-refractivity contribution is 0.273. The van der Waals surface area contributed by atoms with Crippen molar-refractivity contribution in [2.75, 3.05) is 6.61 Å². The maximum absolute atomic E-state index is 12.8. The van der Waals surface area contributed by atoms with E-state index in [0.717, 1.165) is 11.0 Å². The predicted octanol–water partition coefficient (Wildman–Crippen LogP) is 0.658. The Labute approximate surface area is 135 Å². The van der Waals surface area contributed by atoms with Crippen molar-refractivity contribution in [3.63, 3.8) is 0 Å². The van der Waals surface area contributed by atoms with Gasteiger partial charge in [-0.2, -0.15) is 4.68 Å². The third kappa shape index (κ3) is 2.00. The molecule has 0 atom stereocenters. The highest BCUT2D eigenvalue weighted by Crippen LogP contribution is 2.15. The van der Waals surface area contributed by atoms with Gasteiger partial charge in [-0.1, -0.05) is 12.1 Å². The maximum atomic E-state index is 12.8. The second-order valence-electron chi connectivity index (χ2n) is 5.56. The van der Waals surface area contributed by atoms with Crippen molar-refractivity contribution >= 4 is 21.9 Å². The summed E-state index contributed by atoms with van der Waals surface area (Å²) in [4.78, 5) is 32.4. The SMILES string of the molecule is Cc1c2c(=O)n(-c3nc4ccccc4[nH]3)[nH]c2cc(=O)n1CCO. The molecule has 0 bridgehead atoms. The molecule has 1 aromatic carbocycles. The molecule has 0 saturated heterocycles. The van der Waals surface area contributed by atoms with Crippen molar-refractivity contribution in [1.29, 1.82) is 0 Å². The molecule has 0 aliphatic carbocycles. The zero-order valence-corrected chi connectivity index (χ0v) is 12.9. The van der Waals surface area contributed by atoms with Crippen molar-refractivity contribution in [1.82, 2.24) is 24.3 Å². The maximum Gasteiger partial charge on any atom is 0.283 e. The number of hydrogen-bond acceptors (Lipinski definition) is 4. The van der Waals surface area contributed by atoms with Crippen LogP contribution >= 0.6 is 0 Å². The van der Waals surface area contributed by atoms with Gasteiger partial charge in [0.05, 0.1) is 28.5 Å². The molecule has 8 heteroatoms. The number of aromatic nitrogens is 5. The van der Waals surface area contributed by atoms with Crippen LogP contribution in [0.2, 0.25) is 0 Å². The fraction of sp³-hybridized carbons (Fsp3) is 0.188. The van der Waals surface area contributed by atoms with Crippen LogP contribution in [0.3, 0.4) is 0 Å². The number of pyridine rings is 1. The summed E-state index contributed by atoms with van der Waals surface area (Å²) in [6.45, 7) is 1.67. The van der Waals surface area contributed by atoms with Crippen LogP contribution in [-0.2, 0) is 6.54 Å². The molecule has 0 amide bonds. The van der Waals surface area contributed by atoms with Crippen LogP contribution in [0.1, 0.15) is 5.69 Å². The van der Waals surface area contributed by atoms with E-state index in [0.29, 0.717) is 22.5 Å². The molecule has 0 aliphatic heterocycles. The number of hydrogen-bond donors (Lipinski definition) is 3. The predicted molar refractivity (Wildman–Crippen MR) is 89.6 cm³/mol. The molecule has 122 valence electrons. The molecule has 0 spiro atoms. The Bertz CT molecular complexity index is 1150. The number of imidazole rings is 1. The third-order valence-electron chi connectivity index (χ3n) is 4.13. The number of para-hydroxylation sites is 2. The molecule has 3 aromatic heterocycles. The van der Waals surface area contributed by atoms with Gasteiger partial charge in [0.1, 0.15) is 0 Å². The van der Waals surface area contributed by atoms with E-state index in [1.54, 1.807) is 6.92 Å². The second-order valence-corrected chi connectivity index (χ2v) is 5.56. The van der Waals surface area contributed by atoms with E-state index in [9.17, 15) is 9.59 Å². The monoisotopic (exact) mass is 325 g/mol. The molecule has 4 rings (SSSR count). The zero-order chi connectivity index (χ0) is 16.8. The quantitative estimate of drug-likeness (QED) is 0.514. The van der Waals surface area contributed by atoms with E-state index < -0.39 is 0 Å². The summed E-state index contributed by atoms with van der Waals surface area (Å²) in [5, 5.41) is 12.4. The largest absolute Gasteiger partial charge is 0.395 e. The molecule has 0 fully saturated rings. The summed E-state index contributed by atoms with van der Waals surface area (Å²) in [7, 11) is 0. The Morgan fingerprint density at radius 2 is 2.00 bits per heavy atom. The standard InChI is InChI=1S/C16H15N5O3/c1-9-14-12(8-13(23)20(9)6-7-22)19-21(15(14)24)16-17-10-4-2-3-5-11(10)18-16/h2-5,8,19,22H,6-7H2,1H3,(H,17,18). The molecule has 0 aliphatic rings. The highest BCUT2D eigenvalue weighted by molar-refractivity contribution is 5.81. The molecule has 0 saturated carbocycles. The van der Waals surface area contributed by atoms with Gasteiger partial charge in [-0.25, -0.2) is 4.98 Å². The fourth-order valence-electron chi connectivity index (χ4n) is 2.98. The number of aliphatic hydroxyl groups is 1. The van der Waals surface area contributed by atoms with Crippen LogP contribution in [-0.4, -0.2) is 36.0 Å². The average Bonchev–Trinajstić information content (AvgIpc) is 3.12. The first-order chi connectivity index (χ1) is 11.6. The van der Waals surface area contributed by atoms with Crippen molar-refractivity contribution in [3.05, 3.63) is 56.7 Å². The molecule has 3 N–H and O–H groups in total. The lowest BCUT2D eigenvalue weighted by Gasteiger charge is -2.07. The van der Waals surface area contributed by atoms with Crippen LogP contribution in [0.25, 0.3) is 27.9 Å². The third-order valence-corrected chi connectivity index (χ3v) is 4.13. The van der Waals surface area contributed by atoms with E-state index in [1.807, 2.05) is 24.3 Å². The summed E-state index contributed by atoms with van der Waals surface area (Å²) in [5.41, 5.74) is 1.95. The number of H-pyrrole nitrogens is 2. The van der Waals surface area contributed by atoms with Gasteiger partial charge in [0, 0.05) is 18.3 Å².